The van der Waals surface area contributed by atoms with Crippen molar-refractivity contribution in [3.05, 3.63) is 29.2 Å². The van der Waals surface area contributed by atoms with Crippen LogP contribution in [-0.2, 0) is 26.0 Å². The molecule has 2 aliphatic heterocycles. The molecular weight excluding hydrogens is 750 g/mol. The molecule has 4 heterocycles. The third-order valence-electron chi connectivity index (χ3n) is 7.72. The monoisotopic (exact) mass is 790 g/mol. The first-order chi connectivity index (χ1) is 24.6. The number of hydrogen-bond acceptors (Lipinski definition) is 11. The summed E-state index contributed by atoms with van der Waals surface area (Å²) in [5.41, 5.74) is 6.45. The molecule has 24 heteroatoms. The molecule has 0 saturated carbocycles. The van der Waals surface area contributed by atoms with E-state index in [-0.39, 0.29) is 40.4 Å². The van der Waals surface area contributed by atoms with Crippen molar-refractivity contribution in [2.45, 2.75) is 63.3 Å². The third-order valence-corrected chi connectivity index (χ3v) is 9.59. The number of alkyl halides is 6. The molecule has 0 atom stereocenters. The van der Waals surface area contributed by atoms with Crippen LogP contribution in [0.5, 0.6) is 5.88 Å². The number of aliphatic carboxylic acids is 2. The second-order valence-electron chi connectivity index (χ2n) is 11.2. The number of rotatable bonds is 10. The Balaban J connectivity index is 0.000000587. The van der Waals surface area contributed by atoms with Gasteiger partial charge in [0.2, 0.25) is 15.9 Å². The lowest BCUT2D eigenvalue weighted by atomic mass is 10.1. The Hall–Kier alpha value is -4.55. The van der Waals surface area contributed by atoms with Crippen LogP contribution in [0, 0.1) is 0 Å². The maximum Gasteiger partial charge on any atom is 0.490 e. The molecule has 4 rings (SSSR count). The number of sulfonamides is 1. The van der Waals surface area contributed by atoms with E-state index in [2.05, 4.69) is 25.6 Å². The van der Waals surface area contributed by atoms with Gasteiger partial charge in [0.05, 0.1) is 30.2 Å². The van der Waals surface area contributed by atoms with Crippen LogP contribution in [0.2, 0.25) is 0 Å². The standard InChI is InChI=1S/C25H38N8O5S.2C2HF3O2/c1-4-20-21(22(23(26)34)30-33(20)17-7-9-27-10-8-17)29-24(35)19-15-18(16-28-25(19)38-6-3)39(36,37)32-13-11-31(5-2)12-14-32;2*3-2(4,5)1(6)7/h15-17,27H,4-14H2,1-3H3,(H2,26,34)(H,29,35);2*(H,6,7). The number of carboxylic acids is 2. The highest BCUT2D eigenvalue weighted by molar-refractivity contribution is 7.89. The topological polar surface area (TPSA) is 239 Å². The summed E-state index contributed by atoms with van der Waals surface area (Å²) in [6.07, 6.45) is -6.81. The summed E-state index contributed by atoms with van der Waals surface area (Å²) in [7, 11) is -3.89. The molecule has 2 fully saturated rings. The van der Waals surface area contributed by atoms with Crippen molar-refractivity contribution < 1.29 is 68.9 Å². The molecule has 17 nitrogen and oxygen atoms in total. The second-order valence-corrected chi connectivity index (χ2v) is 13.1. The smallest absolute Gasteiger partial charge is 0.477 e. The number of pyridine rings is 1. The molecular formula is C29H40F6N8O9S. The molecule has 2 saturated heterocycles. The van der Waals surface area contributed by atoms with Gasteiger partial charge in [-0.25, -0.2) is 23.0 Å². The number of nitrogens with one attached hydrogen (secondary N) is 2. The molecule has 298 valence electrons. The Labute approximate surface area is 299 Å². The average molecular weight is 791 g/mol. The van der Waals surface area contributed by atoms with E-state index in [9.17, 15) is 44.3 Å². The van der Waals surface area contributed by atoms with Crippen LogP contribution in [0.4, 0.5) is 32.0 Å². The van der Waals surface area contributed by atoms with Crippen LogP contribution < -0.4 is 21.1 Å². The first-order valence-corrected chi connectivity index (χ1v) is 17.4. The predicted molar refractivity (Wildman–Crippen MR) is 173 cm³/mol. The van der Waals surface area contributed by atoms with Gasteiger partial charge < -0.3 is 36.2 Å². The van der Waals surface area contributed by atoms with Gasteiger partial charge in [0.25, 0.3) is 11.8 Å². The summed E-state index contributed by atoms with van der Waals surface area (Å²) in [5.74, 6) is -6.95. The molecule has 2 aliphatic rings. The third kappa shape index (κ3) is 12.3. The molecule has 53 heavy (non-hydrogen) atoms. The van der Waals surface area contributed by atoms with Crippen LogP contribution in [0.1, 0.15) is 66.2 Å². The number of piperidine rings is 1. The van der Waals surface area contributed by atoms with E-state index >= 15 is 0 Å². The van der Waals surface area contributed by atoms with Gasteiger partial charge in [-0.05, 0) is 51.9 Å². The quantitative estimate of drug-likeness (QED) is 0.217. The van der Waals surface area contributed by atoms with Gasteiger partial charge in [0.15, 0.2) is 5.69 Å². The number of likely N-dealkylation sites (N-methyl/N-ethyl adjacent to an activating group) is 1. The van der Waals surface area contributed by atoms with Crippen molar-refractivity contribution in [3.8, 4) is 5.88 Å². The van der Waals surface area contributed by atoms with Crippen LogP contribution >= 0.6 is 0 Å². The fraction of sp³-hybridized carbons (Fsp3) is 0.586. The van der Waals surface area contributed by atoms with Gasteiger partial charge in [-0.1, -0.05) is 13.8 Å². The maximum atomic E-state index is 13.6. The minimum Gasteiger partial charge on any atom is -0.477 e. The first-order valence-electron chi connectivity index (χ1n) is 16.0. The number of carbonyl (C=O) groups excluding carboxylic acids is 2. The maximum absolute atomic E-state index is 13.6. The van der Waals surface area contributed by atoms with E-state index < -0.39 is 46.1 Å². The van der Waals surface area contributed by atoms with Gasteiger partial charge in [-0.2, -0.15) is 35.7 Å². The molecule has 2 aromatic rings. The molecule has 0 unspecified atom stereocenters. The van der Waals surface area contributed by atoms with E-state index in [1.807, 2.05) is 13.8 Å². The summed E-state index contributed by atoms with van der Waals surface area (Å²) in [5, 5.41) is 24.8. The molecule has 0 aliphatic carbocycles. The van der Waals surface area contributed by atoms with E-state index in [1.54, 1.807) is 11.6 Å². The molecule has 0 radical (unpaired) electrons. The lowest BCUT2D eigenvalue weighted by Gasteiger charge is -2.33. The van der Waals surface area contributed by atoms with E-state index in [1.165, 1.54) is 16.6 Å². The normalized spacial score (nSPS) is 16.0. The SMILES string of the molecule is CCOc1ncc(S(=O)(=O)N2CCN(CC)CC2)cc1C(=O)Nc1c(C(N)=O)nn(C2CCNCC2)c1CC.O=C(O)C(F)(F)F.O=C(O)C(F)(F)F. The van der Waals surface area contributed by atoms with E-state index in [0.29, 0.717) is 38.3 Å². The Kier molecular flexibility index (Phi) is 16.0. The number of carboxylic acid groups (broad SMARTS) is 2. The minimum atomic E-state index is -5.08. The second kappa shape index (κ2) is 19.0. The molecule has 2 amide bonds. The Bertz CT molecular complexity index is 1680. The van der Waals surface area contributed by atoms with Crippen molar-refractivity contribution in [3.63, 3.8) is 0 Å². The number of piperazine rings is 1. The Morgan fingerprint density at radius 2 is 1.51 bits per heavy atom. The number of nitrogens with zero attached hydrogens (tertiary/aromatic N) is 5. The number of primary amides is 1. The van der Waals surface area contributed by atoms with Crippen LogP contribution in [0.3, 0.4) is 0 Å². The van der Waals surface area contributed by atoms with E-state index in [0.717, 1.165) is 32.5 Å². The summed E-state index contributed by atoms with van der Waals surface area (Å²) in [6.45, 7) is 10.4. The first kappa shape index (κ1) is 44.6. The molecule has 0 aromatic carbocycles. The fourth-order valence-corrected chi connectivity index (χ4v) is 6.46. The zero-order valence-corrected chi connectivity index (χ0v) is 29.6. The van der Waals surface area contributed by atoms with Crippen LogP contribution in [0.15, 0.2) is 17.2 Å². The van der Waals surface area contributed by atoms with Gasteiger partial charge in [0.1, 0.15) is 10.5 Å². The number of anilines is 1. The highest BCUT2D eigenvalue weighted by atomic mass is 32.2. The van der Waals surface area contributed by atoms with Crippen molar-refractivity contribution in [1.29, 1.82) is 0 Å². The number of halogens is 6. The summed E-state index contributed by atoms with van der Waals surface area (Å²) in [4.78, 5) is 50.0. The van der Waals surface area contributed by atoms with E-state index in [4.69, 9.17) is 30.3 Å². The van der Waals surface area contributed by atoms with Crippen molar-refractivity contribution in [2.75, 3.05) is 57.7 Å². The average Bonchev–Trinajstić information content (AvgIpc) is 3.47. The fourth-order valence-electron chi connectivity index (χ4n) is 5.07. The summed E-state index contributed by atoms with van der Waals surface area (Å²) < 4.78 is 99.1. The van der Waals surface area contributed by atoms with Crippen molar-refractivity contribution in [1.82, 2.24) is 29.3 Å². The minimum absolute atomic E-state index is 0.00540. The van der Waals surface area contributed by atoms with Gasteiger partial charge >= 0.3 is 24.3 Å². The lowest BCUT2D eigenvalue weighted by Crippen LogP contribution is -2.48. The zero-order chi connectivity index (χ0) is 40.3. The lowest BCUT2D eigenvalue weighted by molar-refractivity contribution is -0.193. The van der Waals surface area contributed by atoms with Crippen LogP contribution in [-0.4, -0.2) is 131 Å². The van der Waals surface area contributed by atoms with Gasteiger partial charge in [-0.15, -0.1) is 0 Å². The zero-order valence-electron chi connectivity index (χ0n) is 28.8. The molecule has 0 bridgehead atoms. The summed E-state index contributed by atoms with van der Waals surface area (Å²) >= 11 is 0. The molecule has 0 spiro atoms. The highest BCUT2D eigenvalue weighted by Crippen LogP contribution is 2.30. The van der Waals surface area contributed by atoms with Crippen LogP contribution in [0.25, 0.3) is 0 Å². The Morgan fingerprint density at radius 3 is 1.94 bits per heavy atom. The van der Waals surface area contributed by atoms with Gasteiger partial charge in [-0.3, -0.25) is 14.3 Å². The highest BCUT2D eigenvalue weighted by Gasteiger charge is 2.39. The number of ether oxygens (including phenoxy) is 1. The number of hydrogen-bond donors (Lipinski definition) is 5. The van der Waals surface area contributed by atoms with Gasteiger partial charge in [0, 0.05) is 26.2 Å². The van der Waals surface area contributed by atoms with Crippen molar-refractivity contribution in [2.24, 2.45) is 5.73 Å². The molecule has 2 aromatic heterocycles. The number of carbonyl (C=O) groups is 4. The van der Waals surface area contributed by atoms with Crippen molar-refractivity contribution >= 4 is 39.5 Å². The Morgan fingerprint density at radius 1 is 0.981 bits per heavy atom. The largest absolute Gasteiger partial charge is 0.490 e. The number of nitrogens with two attached hydrogens (primary N) is 1. The number of aromatic nitrogens is 3. The number of amides is 2. The predicted octanol–water partition coefficient (Wildman–Crippen LogP) is 2.11. The molecule has 6 N–H and O–H groups in total. The summed E-state index contributed by atoms with van der Waals surface area (Å²) in [6, 6.07) is 1.34.